The Balaban J connectivity index is 1.72. The highest BCUT2D eigenvalue weighted by Crippen LogP contribution is 2.11. The van der Waals surface area contributed by atoms with E-state index in [4.69, 9.17) is 0 Å². The van der Waals surface area contributed by atoms with Crippen LogP contribution in [0.5, 0.6) is 0 Å². The van der Waals surface area contributed by atoms with Crippen LogP contribution in [-0.2, 0) is 6.54 Å². The topological polar surface area (TPSA) is 96.9 Å². The van der Waals surface area contributed by atoms with Crippen molar-refractivity contribution in [3.8, 4) is 0 Å². The Morgan fingerprint density at radius 2 is 1.56 bits per heavy atom. The van der Waals surface area contributed by atoms with Gasteiger partial charge >= 0.3 is 0 Å². The molecule has 2 aromatic heterocycles. The molecular formula is C18H15N5O2. The van der Waals surface area contributed by atoms with Crippen LogP contribution in [0.4, 0.5) is 5.82 Å². The van der Waals surface area contributed by atoms with Crippen molar-refractivity contribution in [2.45, 2.75) is 6.54 Å². The van der Waals surface area contributed by atoms with Gasteiger partial charge in [0.2, 0.25) is 0 Å². The number of carbonyl (C=O) groups excluding carboxylic acids is 2. The quantitative estimate of drug-likeness (QED) is 0.745. The zero-order valence-electron chi connectivity index (χ0n) is 13.2. The lowest BCUT2D eigenvalue weighted by atomic mass is 10.2. The second-order valence-corrected chi connectivity index (χ2v) is 5.08. The molecule has 0 bridgehead atoms. The number of carbonyl (C=O) groups is 2. The van der Waals surface area contributed by atoms with Crippen LogP contribution in [0.15, 0.2) is 67.1 Å². The highest BCUT2D eigenvalue weighted by molar-refractivity contribution is 6.07. The lowest BCUT2D eigenvalue weighted by Gasteiger charge is -2.09. The van der Waals surface area contributed by atoms with E-state index in [0.717, 1.165) is 5.69 Å². The zero-order chi connectivity index (χ0) is 17.5. The number of rotatable bonds is 5. The standard InChI is InChI=1S/C18H15N5O2/c24-17(13-6-2-1-3-7-13)23-16-15(20-10-11-21-16)18(25)22-12-14-8-4-5-9-19-14/h1-11H,12H2,(H,22,25)(H,21,23,24). The van der Waals surface area contributed by atoms with Gasteiger partial charge in [0.1, 0.15) is 0 Å². The van der Waals surface area contributed by atoms with E-state index in [1.807, 2.05) is 12.1 Å². The van der Waals surface area contributed by atoms with E-state index < -0.39 is 5.91 Å². The molecule has 0 unspecified atom stereocenters. The number of nitrogens with one attached hydrogen (secondary N) is 2. The predicted molar refractivity (Wildman–Crippen MR) is 91.8 cm³/mol. The molecule has 0 spiro atoms. The van der Waals surface area contributed by atoms with Crippen molar-refractivity contribution < 1.29 is 9.59 Å². The first-order chi connectivity index (χ1) is 12.2. The molecule has 2 amide bonds. The predicted octanol–water partition coefficient (Wildman–Crippen LogP) is 2.05. The average molecular weight is 333 g/mol. The second-order valence-electron chi connectivity index (χ2n) is 5.08. The maximum absolute atomic E-state index is 12.4. The third-order valence-electron chi connectivity index (χ3n) is 3.34. The van der Waals surface area contributed by atoms with E-state index in [2.05, 4.69) is 25.6 Å². The number of hydrogen-bond donors (Lipinski definition) is 2. The van der Waals surface area contributed by atoms with Gasteiger partial charge in [-0.3, -0.25) is 14.6 Å². The van der Waals surface area contributed by atoms with Crippen molar-refractivity contribution >= 4 is 17.6 Å². The number of benzene rings is 1. The Bertz CT molecular complexity index is 869. The Kier molecular flexibility index (Phi) is 5.06. The number of hydrogen-bond acceptors (Lipinski definition) is 5. The van der Waals surface area contributed by atoms with Crippen LogP contribution >= 0.6 is 0 Å². The Labute approximate surface area is 144 Å². The summed E-state index contributed by atoms with van der Waals surface area (Å²) in [5.74, 6) is -0.697. The molecular weight excluding hydrogens is 318 g/mol. The van der Waals surface area contributed by atoms with Gasteiger partial charge in [-0.05, 0) is 24.3 Å². The normalized spacial score (nSPS) is 10.1. The van der Waals surface area contributed by atoms with Crippen LogP contribution in [0.25, 0.3) is 0 Å². The fourth-order valence-electron chi connectivity index (χ4n) is 2.12. The molecule has 0 radical (unpaired) electrons. The molecule has 3 aromatic rings. The van der Waals surface area contributed by atoms with Crippen LogP contribution < -0.4 is 10.6 Å². The minimum Gasteiger partial charge on any atom is -0.345 e. The van der Waals surface area contributed by atoms with Crippen molar-refractivity contribution in [3.63, 3.8) is 0 Å². The highest BCUT2D eigenvalue weighted by Gasteiger charge is 2.16. The van der Waals surface area contributed by atoms with Crippen molar-refractivity contribution in [1.29, 1.82) is 0 Å². The van der Waals surface area contributed by atoms with Gasteiger partial charge in [0.15, 0.2) is 11.5 Å². The highest BCUT2D eigenvalue weighted by atomic mass is 16.2. The van der Waals surface area contributed by atoms with Crippen LogP contribution in [0.2, 0.25) is 0 Å². The molecule has 0 saturated heterocycles. The summed E-state index contributed by atoms with van der Waals surface area (Å²) in [5, 5.41) is 5.33. The summed E-state index contributed by atoms with van der Waals surface area (Å²) in [4.78, 5) is 36.8. The molecule has 0 fully saturated rings. The molecule has 0 aliphatic carbocycles. The van der Waals surface area contributed by atoms with Crippen LogP contribution in [0.3, 0.4) is 0 Å². The van der Waals surface area contributed by atoms with E-state index in [-0.39, 0.29) is 24.0 Å². The molecule has 1 aromatic carbocycles. The summed E-state index contributed by atoms with van der Waals surface area (Å²) in [6.07, 6.45) is 4.46. The van der Waals surface area contributed by atoms with Gasteiger partial charge in [0, 0.05) is 24.2 Å². The largest absolute Gasteiger partial charge is 0.345 e. The SMILES string of the molecule is O=C(Nc1nccnc1C(=O)NCc1ccccn1)c1ccccc1. The third-order valence-corrected chi connectivity index (χ3v) is 3.34. The number of nitrogens with zero attached hydrogens (tertiary/aromatic N) is 3. The number of aromatic nitrogens is 3. The van der Waals surface area contributed by atoms with E-state index >= 15 is 0 Å². The molecule has 0 aliphatic heterocycles. The summed E-state index contributed by atoms with van der Waals surface area (Å²) in [5.41, 5.74) is 1.23. The summed E-state index contributed by atoms with van der Waals surface area (Å²) < 4.78 is 0. The van der Waals surface area contributed by atoms with Gasteiger partial charge in [-0.15, -0.1) is 0 Å². The molecule has 0 atom stereocenters. The van der Waals surface area contributed by atoms with Crippen molar-refractivity contribution in [2.24, 2.45) is 0 Å². The molecule has 2 N–H and O–H groups in total. The Morgan fingerprint density at radius 1 is 0.800 bits per heavy atom. The maximum Gasteiger partial charge on any atom is 0.274 e. The van der Waals surface area contributed by atoms with Crippen LogP contribution in [-0.4, -0.2) is 26.8 Å². The first kappa shape index (κ1) is 16.3. The fourth-order valence-corrected chi connectivity index (χ4v) is 2.12. The van der Waals surface area contributed by atoms with Crippen LogP contribution in [0, 0.1) is 0 Å². The molecule has 7 nitrogen and oxygen atoms in total. The van der Waals surface area contributed by atoms with E-state index in [1.165, 1.54) is 12.4 Å². The molecule has 0 saturated carbocycles. The van der Waals surface area contributed by atoms with Crippen molar-refractivity contribution in [3.05, 3.63) is 84.1 Å². The van der Waals surface area contributed by atoms with E-state index in [1.54, 1.807) is 42.6 Å². The second kappa shape index (κ2) is 7.78. The summed E-state index contributed by atoms with van der Waals surface area (Å²) >= 11 is 0. The summed E-state index contributed by atoms with van der Waals surface area (Å²) in [6, 6.07) is 14.1. The van der Waals surface area contributed by atoms with Gasteiger partial charge in [-0.1, -0.05) is 24.3 Å². The first-order valence-electron chi connectivity index (χ1n) is 7.59. The molecule has 7 heteroatoms. The van der Waals surface area contributed by atoms with Gasteiger partial charge in [0.25, 0.3) is 11.8 Å². The van der Waals surface area contributed by atoms with Gasteiger partial charge in [-0.25, -0.2) is 9.97 Å². The first-order valence-corrected chi connectivity index (χ1v) is 7.59. The zero-order valence-corrected chi connectivity index (χ0v) is 13.2. The van der Waals surface area contributed by atoms with Gasteiger partial charge < -0.3 is 10.6 Å². The van der Waals surface area contributed by atoms with E-state index in [9.17, 15) is 9.59 Å². The smallest absolute Gasteiger partial charge is 0.274 e. The number of amides is 2. The Hall–Kier alpha value is -3.61. The van der Waals surface area contributed by atoms with Crippen molar-refractivity contribution in [1.82, 2.24) is 20.3 Å². The maximum atomic E-state index is 12.4. The minimum atomic E-state index is -0.442. The van der Waals surface area contributed by atoms with E-state index in [0.29, 0.717) is 5.56 Å². The fraction of sp³-hybridized carbons (Fsp3) is 0.0556. The molecule has 0 aliphatic rings. The number of pyridine rings is 1. The Morgan fingerprint density at radius 3 is 2.32 bits per heavy atom. The molecule has 2 heterocycles. The third kappa shape index (κ3) is 4.23. The van der Waals surface area contributed by atoms with Gasteiger partial charge in [-0.2, -0.15) is 0 Å². The molecule has 3 rings (SSSR count). The number of anilines is 1. The summed E-state index contributed by atoms with van der Waals surface area (Å²) in [6.45, 7) is 0.252. The van der Waals surface area contributed by atoms with Crippen molar-refractivity contribution in [2.75, 3.05) is 5.32 Å². The molecule has 25 heavy (non-hydrogen) atoms. The minimum absolute atomic E-state index is 0.0442. The lowest BCUT2D eigenvalue weighted by Crippen LogP contribution is -2.26. The lowest BCUT2D eigenvalue weighted by molar-refractivity contribution is 0.0946. The summed E-state index contributed by atoms with van der Waals surface area (Å²) in [7, 11) is 0. The average Bonchev–Trinajstić information content (AvgIpc) is 2.68. The molecule has 124 valence electrons. The van der Waals surface area contributed by atoms with Crippen LogP contribution in [0.1, 0.15) is 26.5 Å². The monoisotopic (exact) mass is 333 g/mol. The van der Waals surface area contributed by atoms with Gasteiger partial charge in [0.05, 0.1) is 12.2 Å².